The van der Waals surface area contributed by atoms with Crippen LogP contribution in [-0.4, -0.2) is 34.5 Å². The molecule has 0 saturated heterocycles. The molecule has 0 bridgehead atoms. The topological polar surface area (TPSA) is 70.4 Å². The Morgan fingerprint density at radius 2 is 1.86 bits per heavy atom. The van der Waals surface area contributed by atoms with Gasteiger partial charge in [0.05, 0.1) is 0 Å². The molecule has 0 aliphatic rings. The van der Waals surface area contributed by atoms with E-state index < -0.39 is 5.97 Å². The first kappa shape index (κ1) is 19.8. The zero-order chi connectivity index (χ0) is 20.3. The Kier molecular flexibility index (Phi) is 5.94. The number of Topliss-reactive ketones (excluding diaryl/α,β-unsaturated/α-hetero) is 1. The molecule has 0 radical (unpaired) electrons. The third-order valence-corrected chi connectivity index (χ3v) is 5.30. The van der Waals surface area contributed by atoms with E-state index in [1.165, 1.54) is 11.3 Å². The van der Waals surface area contributed by atoms with Crippen LogP contribution >= 0.6 is 11.3 Å². The number of benzene rings is 1. The number of ketones is 1. The second-order valence-electron chi connectivity index (χ2n) is 6.55. The molecule has 2 heterocycles. The third kappa shape index (κ3) is 4.31. The molecule has 0 unspecified atom stereocenters. The number of hydrogen-bond donors (Lipinski definition) is 0. The molecule has 1 aromatic carbocycles. The lowest BCUT2D eigenvalue weighted by molar-refractivity contribution is -0.144. The molecule has 6 nitrogen and oxygen atoms in total. The van der Waals surface area contributed by atoms with Crippen molar-refractivity contribution in [2.24, 2.45) is 0 Å². The van der Waals surface area contributed by atoms with E-state index in [0.29, 0.717) is 11.3 Å². The van der Waals surface area contributed by atoms with E-state index in [1.807, 2.05) is 49.8 Å². The molecule has 0 fully saturated rings. The van der Waals surface area contributed by atoms with Crippen LogP contribution in [0.5, 0.6) is 5.75 Å². The van der Waals surface area contributed by atoms with Crippen LogP contribution in [0.4, 0.5) is 0 Å². The molecule has 0 saturated carbocycles. The van der Waals surface area contributed by atoms with Crippen LogP contribution in [-0.2, 0) is 9.53 Å². The fraction of sp³-hybridized carbons (Fsp3) is 0.286. The summed E-state index contributed by atoms with van der Waals surface area (Å²) in [4.78, 5) is 28.7. The molecule has 7 heteroatoms. The van der Waals surface area contributed by atoms with Gasteiger partial charge in [-0.25, -0.2) is 9.78 Å². The number of esters is 1. The van der Waals surface area contributed by atoms with Crippen molar-refractivity contribution in [3.8, 4) is 10.9 Å². The van der Waals surface area contributed by atoms with Crippen molar-refractivity contribution in [3.63, 3.8) is 0 Å². The van der Waals surface area contributed by atoms with E-state index in [4.69, 9.17) is 9.47 Å². The number of thiazole rings is 1. The smallest absolute Gasteiger partial charge is 0.344 e. The molecule has 2 aromatic heterocycles. The minimum Gasteiger partial charge on any atom is -0.482 e. The summed E-state index contributed by atoms with van der Waals surface area (Å²) in [6, 6.07) is 7.38. The van der Waals surface area contributed by atoms with E-state index in [-0.39, 0.29) is 19.0 Å². The molecule has 0 aliphatic heterocycles. The standard InChI is InChI=1S/C21H22N2O4S/c1-13-5-6-17(9-14(13)2)26-12-20(25)27-11-19(24)18-10-15(3)23(16(18)4)21-22-7-8-28-21/h5-10H,11-12H2,1-4H3. The Bertz CT molecular complexity index is 1010. The van der Waals surface area contributed by atoms with Gasteiger partial charge < -0.3 is 9.47 Å². The van der Waals surface area contributed by atoms with Crippen molar-refractivity contribution in [2.75, 3.05) is 13.2 Å². The molecule has 3 aromatic rings. The number of carbonyl (C=O) groups is 2. The summed E-state index contributed by atoms with van der Waals surface area (Å²) in [6.07, 6.45) is 1.72. The minimum atomic E-state index is -0.583. The summed E-state index contributed by atoms with van der Waals surface area (Å²) >= 11 is 1.49. The second kappa shape index (κ2) is 8.39. The lowest BCUT2D eigenvalue weighted by Crippen LogP contribution is -2.20. The van der Waals surface area contributed by atoms with Gasteiger partial charge in [0.25, 0.3) is 0 Å². The maximum atomic E-state index is 12.5. The van der Waals surface area contributed by atoms with E-state index in [1.54, 1.807) is 18.3 Å². The van der Waals surface area contributed by atoms with E-state index in [2.05, 4.69) is 4.98 Å². The molecule has 0 spiro atoms. The highest BCUT2D eigenvalue weighted by molar-refractivity contribution is 7.12. The predicted octanol–water partition coefficient (Wildman–Crippen LogP) is 3.97. The van der Waals surface area contributed by atoms with Crippen LogP contribution in [0.2, 0.25) is 0 Å². The van der Waals surface area contributed by atoms with Crippen molar-refractivity contribution >= 4 is 23.1 Å². The van der Waals surface area contributed by atoms with E-state index in [9.17, 15) is 9.59 Å². The van der Waals surface area contributed by atoms with Gasteiger partial charge >= 0.3 is 5.97 Å². The summed E-state index contributed by atoms with van der Waals surface area (Å²) in [7, 11) is 0. The van der Waals surface area contributed by atoms with Crippen molar-refractivity contribution < 1.29 is 19.1 Å². The second-order valence-corrected chi connectivity index (χ2v) is 7.43. The van der Waals surface area contributed by atoms with Crippen LogP contribution in [0.15, 0.2) is 35.8 Å². The average molecular weight is 398 g/mol. The Balaban J connectivity index is 1.57. The van der Waals surface area contributed by atoms with Crippen molar-refractivity contribution in [1.29, 1.82) is 0 Å². The molecule has 0 amide bonds. The molecule has 0 atom stereocenters. The van der Waals surface area contributed by atoms with Gasteiger partial charge in [0.1, 0.15) is 5.75 Å². The van der Waals surface area contributed by atoms with Gasteiger partial charge in [-0.2, -0.15) is 0 Å². The highest BCUT2D eigenvalue weighted by Crippen LogP contribution is 2.22. The van der Waals surface area contributed by atoms with Gasteiger partial charge in [0.15, 0.2) is 18.3 Å². The Hall–Kier alpha value is -2.93. The average Bonchev–Trinajstić information content (AvgIpc) is 3.28. The first-order chi connectivity index (χ1) is 13.4. The van der Waals surface area contributed by atoms with E-state index >= 15 is 0 Å². The molecular weight excluding hydrogens is 376 g/mol. The number of carbonyl (C=O) groups excluding carboxylic acids is 2. The summed E-state index contributed by atoms with van der Waals surface area (Å²) in [6.45, 7) is 7.18. The number of ether oxygens (including phenoxy) is 2. The highest BCUT2D eigenvalue weighted by Gasteiger charge is 2.19. The maximum absolute atomic E-state index is 12.5. The summed E-state index contributed by atoms with van der Waals surface area (Å²) in [5, 5.41) is 2.68. The number of rotatable bonds is 7. The molecule has 0 aliphatic carbocycles. The number of aromatic nitrogens is 2. The zero-order valence-corrected chi connectivity index (χ0v) is 17.1. The van der Waals surface area contributed by atoms with Gasteiger partial charge in [-0.15, -0.1) is 11.3 Å². The van der Waals surface area contributed by atoms with Gasteiger partial charge in [0.2, 0.25) is 5.78 Å². The summed E-state index contributed by atoms with van der Waals surface area (Å²) < 4.78 is 12.5. The fourth-order valence-electron chi connectivity index (χ4n) is 2.88. The van der Waals surface area contributed by atoms with Crippen LogP contribution in [0.25, 0.3) is 5.13 Å². The van der Waals surface area contributed by atoms with Crippen molar-refractivity contribution in [2.45, 2.75) is 27.7 Å². The van der Waals surface area contributed by atoms with Crippen molar-refractivity contribution in [1.82, 2.24) is 9.55 Å². The monoisotopic (exact) mass is 398 g/mol. The van der Waals surface area contributed by atoms with E-state index in [0.717, 1.165) is 27.6 Å². The van der Waals surface area contributed by atoms with Crippen LogP contribution in [0.3, 0.4) is 0 Å². The summed E-state index contributed by atoms with van der Waals surface area (Å²) in [5.74, 6) is -0.242. The zero-order valence-electron chi connectivity index (χ0n) is 16.3. The van der Waals surface area contributed by atoms with Crippen LogP contribution in [0.1, 0.15) is 32.9 Å². The first-order valence-corrected chi connectivity index (χ1v) is 9.72. The Morgan fingerprint density at radius 1 is 1.07 bits per heavy atom. The minimum absolute atomic E-state index is 0.242. The van der Waals surface area contributed by atoms with Crippen molar-refractivity contribution in [3.05, 3.63) is 63.9 Å². The first-order valence-electron chi connectivity index (χ1n) is 8.84. The molecule has 146 valence electrons. The molecular formula is C21H22N2O4S. The summed E-state index contributed by atoms with van der Waals surface area (Å²) in [5.41, 5.74) is 4.43. The van der Waals surface area contributed by atoms with Crippen LogP contribution < -0.4 is 4.74 Å². The van der Waals surface area contributed by atoms with Gasteiger partial charge in [0, 0.05) is 28.5 Å². The Labute approximate surface area is 167 Å². The fourth-order valence-corrected chi connectivity index (χ4v) is 3.63. The maximum Gasteiger partial charge on any atom is 0.344 e. The van der Waals surface area contributed by atoms with Gasteiger partial charge in [-0.05, 0) is 57.0 Å². The third-order valence-electron chi connectivity index (χ3n) is 4.54. The Morgan fingerprint density at radius 3 is 2.54 bits per heavy atom. The number of hydrogen-bond acceptors (Lipinski definition) is 6. The molecule has 28 heavy (non-hydrogen) atoms. The van der Waals surface area contributed by atoms with Gasteiger partial charge in [-0.1, -0.05) is 6.07 Å². The number of aryl methyl sites for hydroxylation is 3. The predicted molar refractivity (Wildman–Crippen MR) is 108 cm³/mol. The lowest BCUT2D eigenvalue weighted by atomic mass is 10.1. The molecule has 0 N–H and O–H groups in total. The number of nitrogens with zero attached hydrogens (tertiary/aromatic N) is 2. The molecule has 3 rings (SSSR count). The normalized spacial score (nSPS) is 10.7. The van der Waals surface area contributed by atoms with Crippen LogP contribution in [0, 0.1) is 27.7 Å². The SMILES string of the molecule is Cc1ccc(OCC(=O)OCC(=O)c2cc(C)n(-c3nccs3)c2C)cc1C. The quantitative estimate of drug-likeness (QED) is 0.445. The largest absolute Gasteiger partial charge is 0.482 e. The highest BCUT2D eigenvalue weighted by atomic mass is 32.1. The van der Waals surface area contributed by atoms with Gasteiger partial charge in [-0.3, -0.25) is 9.36 Å². The lowest BCUT2D eigenvalue weighted by Gasteiger charge is -2.09.